The molecule has 126 valence electrons. The van der Waals surface area contributed by atoms with Gasteiger partial charge in [0.05, 0.1) is 19.0 Å². The van der Waals surface area contributed by atoms with E-state index in [1.54, 1.807) is 43.6 Å². The summed E-state index contributed by atoms with van der Waals surface area (Å²) in [4.78, 5) is 16.5. The van der Waals surface area contributed by atoms with Crippen LogP contribution in [0.1, 0.15) is 10.4 Å². The highest BCUT2D eigenvalue weighted by molar-refractivity contribution is 9.10. The van der Waals surface area contributed by atoms with Crippen LogP contribution in [0.25, 0.3) is 0 Å². The number of hydrogen-bond donors (Lipinski definition) is 2. The van der Waals surface area contributed by atoms with E-state index in [0.29, 0.717) is 17.1 Å². The number of ether oxygens (including phenoxy) is 1. The van der Waals surface area contributed by atoms with Gasteiger partial charge in [-0.1, -0.05) is 22.0 Å². The minimum absolute atomic E-state index is 0.220. The third-order valence-electron chi connectivity index (χ3n) is 3.47. The van der Waals surface area contributed by atoms with Gasteiger partial charge in [0.25, 0.3) is 5.91 Å². The van der Waals surface area contributed by atoms with Crippen molar-refractivity contribution >= 4 is 39.0 Å². The van der Waals surface area contributed by atoms with Gasteiger partial charge < -0.3 is 15.4 Å². The van der Waals surface area contributed by atoms with Crippen LogP contribution in [0.15, 0.2) is 71.3 Å². The van der Waals surface area contributed by atoms with Crippen LogP contribution in [-0.4, -0.2) is 18.0 Å². The van der Waals surface area contributed by atoms with Crippen LogP contribution in [0, 0.1) is 0 Å². The molecule has 1 amide bonds. The molecule has 0 spiro atoms. The molecule has 0 radical (unpaired) electrons. The van der Waals surface area contributed by atoms with Gasteiger partial charge in [0.2, 0.25) is 0 Å². The van der Waals surface area contributed by atoms with E-state index in [2.05, 4.69) is 31.5 Å². The van der Waals surface area contributed by atoms with Crippen molar-refractivity contribution < 1.29 is 9.53 Å². The van der Waals surface area contributed by atoms with Crippen LogP contribution >= 0.6 is 15.9 Å². The Kier molecular flexibility index (Phi) is 5.30. The summed E-state index contributed by atoms with van der Waals surface area (Å²) in [5.74, 6) is 0.973. The Balaban J connectivity index is 1.64. The van der Waals surface area contributed by atoms with Crippen LogP contribution < -0.4 is 15.4 Å². The lowest BCUT2D eigenvalue weighted by Gasteiger charge is -2.08. The first-order valence-electron chi connectivity index (χ1n) is 7.58. The second kappa shape index (κ2) is 7.81. The maximum absolute atomic E-state index is 12.2. The van der Waals surface area contributed by atoms with E-state index < -0.39 is 0 Å². The second-order valence-electron chi connectivity index (χ2n) is 5.25. The molecule has 0 fully saturated rings. The van der Waals surface area contributed by atoms with Crippen molar-refractivity contribution in [2.24, 2.45) is 0 Å². The van der Waals surface area contributed by atoms with Crippen LogP contribution in [0.5, 0.6) is 5.75 Å². The fraction of sp³-hybridized carbons (Fsp3) is 0.0526. The third-order valence-corrected chi connectivity index (χ3v) is 3.96. The minimum Gasteiger partial charge on any atom is -0.497 e. The van der Waals surface area contributed by atoms with Gasteiger partial charge in [-0.25, -0.2) is 4.98 Å². The fourth-order valence-electron chi connectivity index (χ4n) is 2.21. The number of halogens is 1. The average molecular weight is 398 g/mol. The molecule has 25 heavy (non-hydrogen) atoms. The number of hydrogen-bond acceptors (Lipinski definition) is 4. The van der Waals surface area contributed by atoms with Gasteiger partial charge in [-0.3, -0.25) is 4.79 Å². The lowest BCUT2D eigenvalue weighted by molar-refractivity contribution is 0.102. The Morgan fingerprint density at radius 2 is 1.84 bits per heavy atom. The molecule has 0 aliphatic carbocycles. The maximum atomic E-state index is 12.2. The molecule has 0 saturated carbocycles. The molecule has 0 aliphatic rings. The molecular weight excluding hydrogens is 382 g/mol. The van der Waals surface area contributed by atoms with Crippen molar-refractivity contribution in [3.05, 3.63) is 76.9 Å². The van der Waals surface area contributed by atoms with E-state index in [0.717, 1.165) is 15.8 Å². The van der Waals surface area contributed by atoms with E-state index in [-0.39, 0.29) is 5.91 Å². The Bertz CT molecular complexity index is 865. The summed E-state index contributed by atoms with van der Waals surface area (Å²) in [5, 5.41) is 6.02. The normalized spacial score (nSPS) is 10.2. The Morgan fingerprint density at radius 3 is 2.48 bits per heavy atom. The highest BCUT2D eigenvalue weighted by Gasteiger charge is 2.07. The summed E-state index contributed by atoms with van der Waals surface area (Å²) in [6.45, 7) is 0. The van der Waals surface area contributed by atoms with Crippen molar-refractivity contribution in [2.75, 3.05) is 17.7 Å². The molecule has 1 heterocycles. The van der Waals surface area contributed by atoms with E-state index >= 15 is 0 Å². The van der Waals surface area contributed by atoms with E-state index in [1.165, 1.54) is 0 Å². The molecule has 0 aliphatic heterocycles. The number of carbonyl (C=O) groups excluding carboxylic acids is 1. The molecular formula is C19H16BrN3O2. The average Bonchev–Trinajstić information content (AvgIpc) is 2.63. The molecule has 3 rings (SSSR count). The minimum atomic E-state index is -0.220. The number of benzene rings is 2. The summed E-state index contributed by atoms with van der Waals surface area (Å²) < 4.78 is 6.08. The lowest BCUT2D eigenvalue weighted by atomic mass is 10.2. The highest BCUT2D eigenvalue weighted by Crippen LogP contribution is 2.21. The fourth-order valence-corrected chi connectivity index (χ4v) is 2.60. The number of rotatable bonds is 5. The molecule has 5 nitrogen and oxygen atoms in total. The standard InChI is InChI=1S/C19H16BrN3O2/c1-25-17-8-5-13(6-9-17)19(24)23-18-10-7-16(12-21-18)22-15-4-2-3-14(20)11-15/h2-12,22H,1H3,(H,21,23,24). The van der Waals surface area contributed by atoms with Gasteiger partial charge in [0.1, 0.15) is 11.6 Å². The summed E-state index contributed by atoms with van der Waals surface area (Å²) in [6.07, 6.45) is 1.67. The number of nitrogens with zero attached hydrogens (tertiary/aromatic N) is 1. The van der Waals surface area contributed by atoms with Crippen LogP contribution in [-0.2, 0) is 0 Å². The number of amides is 1. The predicted molar refractivity (Wildman–Crippen MR) is 103 cm³/mol. The first-order valence-corrected chi connectivity index (χ1v) is 8.37. The number of aromatic nitrogens is 1. The highest BCUT2D eigenvalue weighted by atomic mass is 79.9. The van der Waals surface area contributed by atoms with Gasteiger partial charge in [0, 0.05) is 15.7 Å². The number of methoxy groups -OCH3 is 1. The van der Waals surface area contributed by atoms with Crippen molar-refractivity contribution in [1.82, 2.24) is 4.98 Å². The lowest BCUT2D eigenvalue weighted by Crippen LogP contribution is -2.12. The largest absolute Gasteiger partial charge is 0.497 e. The summed E-state index contributed by atoms with van der Waals surface area (Å²) >= 11 is 3.43. The van der Waals surface area contributed by atoms with Gasteiger partial charge in [-0.15, -0.1) is 0 Å². The first kappa shape index (κ1) is 17.0. The van der Waals surface area contributed by atoms with E-state index in [4.69, 9.17) is 4.74 Å². The molecule has 6 heteroatoms. The molecule has 0 atom stereocenters. The van der Waals surface area contributed by atoms with Gasteiger partial charge >= 0.3 is 0 Å². The quantitative estimate of drug-likeness (QED) is 0.645. The summed E-state index contributed by atoms with van der Waals surface area (Å²) in [6, 6.07) is 18.3. The summed E-state index contributed by atoms with van der Waals surface area (Å²) in [7, 11) is 1.59. The predicted octanol–water partition coefficient (Wildman–Crippen LogP) is 4.85. The molecule has 2 N–H and O–H groups in total. The van der Waals surface area contributed by atoms with Crippen LogP contribution in [0.4, 0.5) is 17.2 Å². The SMILES string of the molecule is COc1ccc(C(=O)Nc2ccc(Nc3cccc(Br)c3)cn2)cc1. The molecule has 0 bridgehead atoms. The van der Waals surface area contributed by atoms with E-state index in [1.807, 2.05) is 30.3 Å². The zero-order valence-electron chi connectivity index (χ0n) is 13.5. The topological polar surface area (TPSA) is 63.2 Å². The number of nitrogens with one attached hydrogen (secondary N) is 2. The van der Waals surface area contributed by atoms with E-state index in [9.17, 15) is 4.79 Å². The van der Waals surface area contributed by atoms with Crippen molar-refractivity contribution in [3.63, 3.8) is 0 Å². The molecule has 1 aromatic heterocycles. The first-order chi connectivity index (χ1) is 12.1. The Hall–Kier alpha value is -2.86. The zero-order chi connectivity index (χ0) is 17.6. The van der Waals surface area contributed by atoms with Crippen molar-refractivity contribution in [3.8, 4) is 5.75 Å². The van der Waals surface area contributed by atoms with Crippen molar-refractivity contribution in [1.29, 1.82) is 0 Å². The maximum Gasteiger partial charge on any atom is 0.256 e. The molecule has 3 aromatic rings. The Morgan fingerprint density at radius 1 is 1.04 bits per heavy atom. The number of anilines is 3. The third kappa shape index (κ3) is 4.58. The van der Waals surface area contributed by atoms with Crippen LogP contribution in [0.2, 0.25) is 0 Å². The molecule has 0 unspecified atom stereocenters. The van der Waals surface area contributed by atoms with Gasteiger partial charge in [-0.05, 0) is 54.6 Å². The Labute approximate surface area is 154 Å². The second-order valence-corrected chi connectivity index (χ2v) is 6.17. The number of carbonyl (C=O) groups is 1. The van der Waals surface area contributed by atoms with Crippen LogP contribution in [0.3, 0.4) is 0 Å². The zero-order valence-corrected chi connectivity index (χ0v) is 15.1. The van der Waals surface area contributed by atoms with Gasteiger partial charge in [0.15, 0.2) is 0 Å². The van der Waals surface area contributed by atoms with Gasteiger partial charge in [-0.2, -0.15) is 0 Å². The molecule has 2 aromatic carbocycles. The monoisotopic (exact) mass is 397 g/mol. The van der Waals surface area contributed by atoms with Crippen molar-refractivity contribution in [2.45, 2.75) is 0 Å². The summed E-state index contributed by atoms with van der Waals surface area (Å²) in [5.41, 5.74) is 2.32. The number of pyridine rings is 1. The smallest absolute Gasteiger partial charge is 0.256 e. The molecule has 0 saturated heterocycles.